The molecule has 0 saturated carbocycles. The first kappa shape index (κ1) is 13.2. The molecule has 0 fully saturated rings. The van der Waals surface area contributed by atoms with E-state index in [9.17, 15) is 9.59 Å². The zero-order valence-electron chi connectivity index (χ0n) is 10.5. The Hall–Kier alpha value is -1.84. The SMILES string of the molecule is CNC(=O)CCC(=O)Nc1ccc(C)cc1C. The Bertz CT molecular complexity index is 427. The number of anilines is 1. The lowest BCUT2D eigenvalue weighted by molar-refractivity contribution is -0.124. The summed E-state index contributed by atoms with van der Waals surface area (Å²) >= 11 is 0. The highest BCUT2D eigenvalue weighted by Gasteiger charge is 2.07. The predicted octanol–water partition coefficient (Wildman–Crippen LogP) is 1.77. The Kier molecular flexibility index (Phi) is 4.69. The normalized spacial score (nSPS) is 9.82. The van der Waals surface area contributed by atoms with Crippen molar-refractivity contribution in [1.29, 1.82) is 0 Å². The second kappa shape index (κ2) is 6.03. The van der Waals surface area contributed by atoms with Crippen LogP contribution in [0.3, 0.4) is 0 Å². The highest BCUT2D eigenvalue weighted by Crippen LogP contribution is 2.16. The molecule has 0 radical (unpaired) electrons. The first-order valence-corrected chi connectivity index (χ1v) is 5.60. The van der Waals surface area contributed by atoms with E-state index in [1.54, 1.807) is 7.05 Å². The zero-order chi connectivity index (χ0) is 12.8. The van der Waals surface area contributed by atoms with Crippen molar-refractivity contribution in [2.24, 2.45) is 0 Å². The molecule has 2 N–H and O–H groups in total. The maximum absolute atomic E-state index is 11.6. The fourth-order valence-electron chi connectivity index (χ4n) is 1.52. The van der Waals surface area contributed by atoms with Gasteiger partial charge in [0.05, 0.1) is 0 Å². The van der Waals surface area contributed by atoms with Gasteiger partial charge in [-0.2, -0.15) is 0 Å². The zero-order valence-corrected chi connectivity index (χ0v) is 10.5. The molecule has 17 heavy (non-hydrogen) atoms. The summed E-state index contributed by atoms with van der Waals surface area (Å²) < 4.78 is 0. The molecule has 0 unspecified atom stereocenters. The van der Waals surface area contributed by atoms with Crippen molar-refractivity contribution in [1.82, 2.24) is 5.32 Å². The second-order valence-corrected chi connectivity index (χ2v) is 4.04. The Morgan fingerprint density at radius 3 is 2.35 bits per heavy atom. The van der Waals surface area contributed by atoms with Crippen LogP contribution in [-0.4, -0.2) is 18.9 Å². The summed E-state index contributed by atoms with van der Waals surface area (Å²) in [6, 6.07) is 5.83. The van der Waals surface area contributed by atoms with Crippen molar-refractivity contribution in [3.63, 3.8) is 0 Å². The summed E-state index contributed by atoms with van der Waals surface area (Å²) in [6.07, 6.45) is 0.417. The van der Waals surface area contributed by atoms with Gasteiger partial charge in [0.1, 0.15) is 0 Å². The van der Waals surface area contributed by atoms with Crippen molar-refractivity contribution < 1.29 is 9.59 Å². The topological polar surface area (TPSA) is 58.2 Å². The van der Waals surface area contributed by atoms with Crippen molar-refractivity contribution in [2.45, 2.75) is 26.7 Å². The number of carbonyl (C=O) groups is 2. The Balaban J connectivity index is 2.53. The largest absolute Gasteiger partial charge is 0.359 e. The van der Waals surface area contributed by atoms with Crippen LogP contribution in [-0.2, 0) is 9.59 Å². The molecule has 92 valence electrons. The van der Waals surface area contributed by atoms with Gasteiger partial charge in [-0.3, -0.25) is 9.59 Å². The molecule has 0 heterocycles. The number of amides is 2. The van der Waals surface area contributed by atoms with Gasteiger partial charge in [-0.25, -0.2) is 0 Å². The number of rotatable bonds is 4. The van der Waals surface area contributed by atoms with Crippen LogP contribution in [0, 0.1) is 13.8 Å². The number of carbonyl (C=O) groups excluding carboxylic acids is 2. The summed E-state index contributed by atoms with van der Waals surface area (Å²) in [7, 11) is 1.56. The van der Waals surface area contributed by atoms with E-state index >= 15 is 0 Å². The standard InChI is InChI=1S/C13H18N2O2/c1-9-4-5-11(10(2)8-9)15-13(17)7-6-12(16)14-3/h4-5,8H,6-7H2,1-3H3,(H,14,16)(H,15,17). The molecule has 4 heteroatoms. The smallest absolute Gasteiger partial charge is 0.224 e. The maximum atomic E-state index is 11.6. The molecule has 1 aromatic carbocycles. The minimum absolute atomic E-state index is 0.124. The summed E-state index contributed by atoms with van der Waals surface area (Å²) in [5.41, 5.74) is 2.99. The van der Waals surface area contributed by atoms with Crippen LogP contribution in [0.1, 0.15) is 24.0 Å². The van der Waals surface area contributed by atoms with Crippen molar-refractivity contribution in [3.05, 3.63) is 29.3 Å². The van der Waals surface area contributed by atoms with E-state index in [2.05, 4.69) is 10.6 Å². The first-order chi connectivity index (χ1) is 8.02. The maximum Gasteiger partial charge on any atom is 0.224 e. The monoisotopic (exact) mass is 234 g/mol. The quantitative estimate of drug-likeness (QED) is 0.834. The van der Waals surface area contributed by atoms with Gasteiger partial charge >= 0.3 is 0 Å². The molecule has 1 aromatic rings. The molecule has 0 saturated heterocycles. The molecule has 4 nitrogen and oxygen atoms in total. The molecule has 2 amide bonds. The van der Waals surface area contributed by atoms with Crippen LogP contribution in [0.5, 0.6) is 0 Å². The van der Waals surface area contributed by atoms with E-state index < -0.39 is 0 Å². The summed E-state index contributed by atoms with van der Waals surface area (Å²) in [5, 5.41) is 5.28. The molecular weight excluding hydrogens is 216 g/mol. The highest BCUT2D eigenvalue weighted by atomic mass is 16.2. The summed E-state index contributed by atoms with van der Waals surface area (Å²) in [5.74, 6) is -0.263. The molecule has 0 aromatic heterocycles. The van der Waals surface area contributed by atoms with Gasteiger partial charge in [0, 0.05) is 25.6 Å². The van der Waals surface area contributed by atoms with Crippen molar-refractivity contribution >= 4 is 17.5 Å². The van der Waals surface area contributed by atoms with Gasteiger partial charge in [-0.15, -0.1) is 0 Å². The van der Waals surface area contributed by atoms with Crippen LogP contribution in [0.15, 0.2) is 18.2 Å². The summed E-state index contributed by atoms with van der Waals surface area (Å²) in [6.45, 7) is 3.95. The lowest BCUT2D eigenvalue weighted by Crippen LogP contribution is -2.21. The number of benzene rings is 1. The van der Waals surface area contributed by atoms with Gasteiger partial charge in [0.15, 0.2) is 0 Å². The van der Waals surface area contributed by atoms with Crippen LogP contribution in [0.4, 0.5) is 5.69 Å². The number of aryl methyl sites for hydroxylation is 2. The van der Waals surface area contributed by atoms with Gasteiger partial charge in [0.25, 0.3) is 0 Å². The van der Waals surface area contributed by atoms with E-state index in [-0.39, 0.29) is 24.7 Å². The van der Waals surface area contributed by atoms with Crippen LogP contribution in [0.25, 0.3) is 0 Å². The van der Waals surface area contributed by atoms with E-state index in [0.717, 1.165) is 16.8 Å². The van der Waals surface area contributed by atoms with E-state index in [4.69, 9.17) is 0 Å². The lowest BCUT2D eigenvalue weighted by atomic mass is 10.1. The van der Waals surface area contributed by atoms with E-state index in [1.165, 1.54) is 0 Å². The third kappa shape index (κ3) is 4.26. The Morgan fingerprint density at radius 2 is 1.76 bits per heavy atom. The highest BCUT2D eigenvalue weighted by molar-refractivity contribution is 5.93. The molecule has 0 aliphatic carbocycles. The number of hydrogen-bond donors (Lipinski definition) is 2. The summed E-state index contributed by atoms with van der Waals surface area (Å²) in [4.78, 5) is 22.6. The van der Waals surface area contributed by atoms with Crippen molar-refractivity contribution in [3.8, 4) is 0 Å². The molecule has 1 rings (SSSR count). The van der Waals surface area contributed by atoms with Gasteiger partial charge in [-0.05, 0) is 25.5 Å². The molecule has 0 atom stereocenters. The molecular formula is C13H18N2O2. The van der Waals surface area contributed by atoms with Crippen LogP contribution >= 0.6 is 0 Å². The average molecular weight is 234 g/mol. The molecule has 0 aliphatic heterocycles. The average Bonchev–Trinajstić information content (AvgIpc) is 2.29. The van der Waals surface area contributed by atoms with Crippen LogP contribution in [0.2, 0.25) is 0 Å². The van der Waals surface area contributed by atoms with E-state index in [0.29, 0.717) is 0 Å². The van der Waals surface area contributed by atoms with Gasteiger partial charge < -0.3 is 10.6 Å². The minimum atomic E-state index is -0.138. The van der Waals surface area contributed by atoms with E-state index in [1.807, 2.05) is 32.0 Å². The van der Waals surface area contributed by atoms with Crippen molar-refractivity contribution in [2.75, 3.05) is 12.4 Å². The van der Waals surface area contributed by atoms with Gasteiger partial charge in [0.2, 0.25) is 11.8 Å². The Morgan fingerprint density at radius 1 is 1.12 bits per heavy atom. The fourth-order valence-corrected chi connectivity index (χ4v) is 1.52. The fraction of sp³-hybridized carbons (Fsp3) is 0.385. The lowest BCUT2D eigenvalue weighted by Gasteiger charge is -2.08. The second-order valence-electron chi connectivity index (χ2n) is 4.04. The van der Waals surface area contributed by atoms with Crippen LogP contribution < -0.4 is 10.6 Å². The molecule has 0 bridgehead atoms. The van der Waals surface area contributed by atoms with Gasteiger partial charge in [-0.1, -0.05) is 17.7 Å². The molecule has 0 aliphatic rings. The molecule has 0 spiro atoms. The minimum Gasteiger partial charge on any atom is -0.359 e. The third-order valence-corrected chi connectivity index (χ3v) is 2.51. The Labute approximate surface area is 101 Å². The first-order valence-electron chi connectivity index (χ1n) is 5.60. The third-order valence-electron chi connectivity index (χ3n) is 2.51. The predicted molar refractivity (Wildman–Crippen MR) is 67.8 cm³/mol. The number of hydrogen-bond acceptors (Lipinski definition) is 2. The number of nitrogens with one attached hydrogen (secondary N) is 2.